The zero-order valence-electron chi connectivity index (χ0n) is 14.4. The molecular formula is C18H26N2O4. The summed E-state index contributed by atoms with van der Waals surface area (Å²) in [4.78, 5) is 26.2. The predicted molar refractivity (Wildman–Crippen MR) is 92.2 cm³/mol. The highest BCUT2D eigenvalue weighted by molar-refractivity contribution is 6.01. The van der Waals surface area contributed by atoms with Crippen LogP contribution in [0, 0.1) is 5.92 Å². The van der Waals surface area contributed by atoms with Gasteiger partial charge in [0.25, 0.3) is 0 Å². The highest BCUT2D eigenvalue weighted by Crippen LogP contribution is 2.33. The number of amides is 2. The van der Waals surface area contributed by atoms with Gasteiger partial charge in [-0.2, -0.15) is 0 Å². The van der Waals surface area contributed by atoms with E-state index in [0.717, 1.165) is 12.1 Å². The lowest BCUT2D eigenvalue weighted by atomic mass is 10.1. The van der Waals surface area contributed by atoms with Crippen LogP contribution in [0.4, 0.5) is 5.69 Å². The predicted octanol–water partition coefficient (Wildman–Crippen LogP) is 1.98. The third-order valence-electron chi connectivity index (χ3n) is 3.92. The van der Waals surface area contributed by atoms with E-state index < -0.39 is 0 Å². The molecule has 0 bridgehead atoms. The highest BCUT2D eigenvalue weighted by atomic mass is 16.5. The van der Waals surface area contributed by atoms with E-state index in [1.54, 1.807) is 4.90 Å². The molecular weight excluding hydrogens is 308 g/mol. The van der Waals surface area contributed by atoms with Crippen molar-refractivity contribution < 1.29 is 19.1 Å². The second-order valence-electron chi connectivity index (χ2n) is 5.65. The molecule has 24 heavy (non-hydrogen) atoms. The van der Waals surface area contributed by atoms with Gasteiger partial charge in [0.05, 0.1) is 18.2 Å². The molecule has 6 nitrogen and oxygen atoms in total. The van der Waals surface area contributed by atoms with E-state index in [2.05, 4.69) is 5.32 Å². The molecule has 1 N–H and O–H groups in total. The molecule has 1 aliphatic heterocycles. The van der Waals surface area contributed by atoms with Crippen LogP contribution in [-0.2, 0) is 14.3 Å². The quantitative estimate of drug-likeness (QED) is 0.701. The average Bonchev–Trinajstić information content (AvgIpc) is 2.97. The molecule has 2 amide bonds. The van der Waals surface area contributed by atoms with Crippen LogP contribution in [0.1, 0.15) is 26.7 Å². The first-order valence-corrected chi connectivity index (χ1v) is 8.55. The normalized spacial score (nSPS) is 17.2. The number of anilines is 1. The van der Waals surface area contributed by atoms with Crippen LogP contribution in [0.5, 0.6) is 5.75 Å². The summed E-state index contributed by atoms with van der Waals surface area (Å²) >= 11 is 0. The van der Waals surface area contributed by atoms with Crippen molar-refractivity contribution >= 4 is 17.5 Å². The van der Waals surface area contributed by atoms with Gasteiger partial charge in [-0.25, -0.2) is 0 Å². The first kappa shape index (κ1) is 18.3. The Morgan fingerprint density at radius 1 is 1.29 bits per heavy atom. The third kappa shape index (κ3) is 4.71. The minimum atomic E-state index is -0.320. The van der Waals surface area contributed by atoms with Crippen LogP contribution >= 0.6 is 0 Å². The van der Waals surface area contributed by atoms with Crippen molar-refractivity contribution in [1.82, 2.24) is 5.32 Å². The van der Waals surface area contributed by atoms with Gasteiger partial charge in [0.15, 0.2) is 0 Å². The topological polar surface area (TPSA) is 67.9 Å². The van der Waals surface area contributed by atoms with E-state index >= 15 is 0 Å². The molecule has 6 heteroatoms. The fourth-order valence-electron chi connectivity index (χ4n) is 2.75. The molecule has 0 aliphatic carbocycles. The van der Waals surface area contributed by atoms with Crippen LogP contribution in [0.2, 0.25) is 0 Å². The second-order valence-corrected chi connectivity index (χ2v) is 5.65. The van der Waals surface area contributed by atoms with Gasteiger partial charge in [0, 0.05) is 32.7 Å². The van der Waals surface area contributed by atoms with Crippen LogP contribution < -0.4 is 15.0 Å². The van der Waals surface area contributed by atoms with Gasteiger partial charge in [0.1, 0.15) is 5.75 Å². The molecule has 1 heterocycles. The average molecular weight is 334 g/mol. The maximum absolute atomic E-state index is 12.3. The molecule has 1 atom stereocenters. The number of carbonyl (C=O) groups is 2. The van der Waals surface area contributed by atoms with Gasteiger partial charge in [0.2, 0.25) is 11.8 Å². The molecule has 1 aromatic rings. The minimum Gasteiger partial charge on any atom is -0.492 e. The van der Waals surface area contributed by atoms with Gasteiger partial charge < -0.3 is 19.7 Å². The smallest absolute Gasteiger partial charge is 0.227 e. The Kier molecular flexibility index (Phi) is 7.06. The molecule has 0 spiro atoms. The van der Waals surface area contributed by atoms with Crippen LogP contribution in [0.3, 0.4) is 0 Å². The highest BCUT2D eigenvalue weighted by Gasteiger charge is 2.36. The summed E-state index contributed by atoms with van der Waals surface area (Å²) in [5, 5.41) is 2.89. The number of nitrogens with one attached hydrogen (secondary N) is 1. The lowest BCUT2D eigenvalue weighted by Crippen LogP contribution is -2.34. The van der Waals surface area contributed by atoms with Crippen molar-refractivity contribution in [3.05, 3.63) is 24.3 Å². The van der Waals surface area contributed by atoms with Crippen LogP contribution in [-0.4, -0.2) is 44.7 Å². The zero-order valence-corrected chi connectivity index (χ0v) is 14.4. The Balaban J connectivity index is 1.92. The lowest BCUT2D eigenvalue weighted by Gasteiger charge is -2.20. The standard InChI is InChI=1S/C18H26N2O4/c1-3-23-11-7-10-19-18(22)14-12-17(21)20(13-14)15-8-5-6-9-16(15)24-4-2/h5-6,8-9,14H,3-4,7,10-13H2,1-2H3,(H,19,22). The Morgan fingerprint density at radius 2 is 2.08 bits per heavy atom. The van der Waals surface area contributed by atoms with Crippen LogP contribution in [0.15, 0.2) is 24.3 Å². The van der Waals surface area contributed by atoms with Crippen molar-refractivity contribution in [2.24, 2.45) is 5.92 Å². The summed E-state index contributed by atoms with van der Waals surface area (Å²) < 4.78 is 10.8. The Labute approximate surface area is 143 Å². The Bertz CT molecular complexity index is 562. The molecule has 1 unspecified atom stereocenters. The first-order valence-electron chi connectivity index (χ1n) is 8.55. The van der Waals surface area contributed by atoms with Gasteiger partial charge in [-0.15, -0.1) is 0 Å². The summed E-state index contributed by atoms with van der Waals surface area (Å²) in [6, 6.07) is 7.43. The van der Waals surface area contributed by atoms with Gasteiger partial charge in [-0.1, -0.05) is 12.1 Å². The van der Waals surface area contributed by atoms with E-state index in [1.807, 2.05) is 38.1 Å². The molecule has 1 aliphatic rings. The van der Waals surface area contributed by atoms with Crippen molar-refractivity contribution in [3.8, 4) is 5.75 Å². The van der Waals surface area contributed by atoms with Gasteiger partial charge in [-0.05, 0) is 32.4 Å². The molecule has 1 aromatic carbocycles. The summed E-state index contributed by atoms with van der Waals surface area (Å²) in [6.45, 7) is 6.65. The molecule has 0 aromatic heterocycles. The Hall–Kier alpha value is -2.08. The number of para-hydroxylation sites is 2. The largest absolute Gasteiger partial charge is 0.492 e. The zero-order chi connectivity index (χ0) is 17.4. The summed E-state index contributed by atoms with van der Waals surface area (Å²) in [6.07, 6.45) is 1.01. The molecule has 1 fully saturated rings. The number of hydrogen-bond acceptors (Lipinski definition) is 4. The third-order valence-corrected chi connectivity index (χ3v) is 3.92. The maximum atomic E-state index is 12.3. The van der Waals surface area contributed by atoms with Crippen molar-refractivity contribution in [2.75, 3.05) is 37.8 Å². The first-order chi connectivity index (χ1) is 11.7. The number of nitrogens with zero attached hydrogens (tertiary/aromatic N) is 1. The minimum absolute atomic E-state index is 0.0448. The van der Waals surface area contributed by atoms with E-state index in [4.69, 9.17) is 9.47 Å². The van der Waals surface area contributed by atoms with Crippen molar-refractivity contribution in [1.29, 1.82) is 0 Å². The molecule has 1 saturated heterocycles. The molecule has 0 saturated carbocycles. The van der Waals surface area contributed by atoms with E-state index in [9.17, 15) is 9.59 Å². The number of carbonyl (C=O) groups excluding carboxylic acids is 2. The molecule has 2 rings (SSSR count). The number of hydrogen-bond donors (Lipinski definition) is 1. The number of rotatable bonds is 9. The van der Waals surface area contributed by atoms with Crippen molar-refractivity contribution in [3.63, 3.8) is 0 Å². The van der Waals surface area contributed by atoms with Gasteiger partial charge >= 0.3 is 0 Å². The maximum Gasteiger partial charge on any atom is 0.227 e. The van der Waals surface area contributed by atoms with E-state index in [-0.39, 0.29) is 24.2 Å². The number of ether oxygens (including phenoxy) is 2. The second kappa shape index (κ2) is 9.27. The number of benzene rings is 1. The van der Waals surface area contributed by atoms with E-state index in [0.29, 0.717) is 38.7 Å². The van der Waals surface area contributed by atoms with E-state index in [1.165, 1.54) is 0 Å². The monoisotopic (exact) mass is 334 g/mol. The van der Waals surface area contributed by atoms with Gasteiger partial charge in [-0.3, -0.25) is 9.59 Å². The summed E-state index contributed by atoms with van der Waals surface area (Å²) in [5.41, 5.74) is 0.732. The lowest BCUT2D eigenvalue weighted by molar-refractivity contribution is -0.126. The van der Waals surface area contributed by atoms with Crippen LogP contribution in [0.25, 0.3) is 0 Å². The molecule has 0 radical (unpaired) electrons. The fraction of sp³-hybridized carbons (Fsp3) is 0.556. The summed E-state index contributed by atoms with van der Waals surface area (Å²) in [5.74, 6) is 0.234. The SMILES string of the molecule is CCOCCCNC(=O)C1CC(=O)N(c2ccccc2OCC)C1. The van der Waals surface area contributed by atoms with Crippen molar-refractivity contribution in [2.45, 2.75) is 26.7 Å². The fourth-order valence-corrected chi connectivity index (χ4v) is 2.75. The molecule has 132 valence electrons. The Morgan fingerprint density at radius 3 is 2.83 bits per heavy atom. The summed E-state index contributed by atoms with van der Waals surface area (Å²) in [7, 11) is 0.